The van der Waals surface area contributed by atoms with Gasteiger partial charge in [0.1, 0.15) is 0 Å². The molecule has 4 heteroatoms. The molecule has 0 spiro atoms. The number of rotatable bonds is 4. The van der Waals surface area contributed by atoms with Crippen LogP contribution in [0.4, 0.5) is 0 Å². The van der Waals surface area contributed by atoms with Gasteiger partial charge < -0.3 is 5.11 Å². The van der Waals surface area contributed by atoms with Crippen molar-refractivity contribution in [3.05, 3.63) is 63.1 Å². The summed E-state index contributed by atoms with van der Waals surface area (Å²) in [5.74, 6) is 1.59. The third-order valence-corrected chi connectivity index (χ3v) is 9.24. The fourth-order valence-electron chi connectivity index (χ4n) is 7.35. The molecule has 0 bridgehead atoms. The number of hydrogen-bond donors (Lipinski definition) is 1. The van der Waals surface area contributed by atoms with Crippen LogP contribution < -0.4 is 0 Å². The van der Waals surface area contributed by atoms with Gasteiger partial charge in [0, 0.05) is 17.8 Å². The van der Waals surface area contributed by atoms with Crippen LogP contribution in [0.1, 0.15) is 82.8 Å². The van der Waals surface area contributed by atoms with Gasteiger partial charge in [-0.2, -0.15) is 4.91 Å². The second-order valence-electron chi connectivity index (χ2n) is 11.5. The highest BCUT2D eigenvalue weighted by Gasteiger charge is 2.56. The number of aliphatic hydroxyl groups is 1. The number of hydrogen-bond acceptors (Lipinski definition) is 4. The first-order chi connectivity index (χ1) is 15.2. The number of carbonyl (C=O) groups excluding carboxylic acids is 1. The molecule has 4 aliphatic rings. The SMILES string of the molecule is CC(C)(CN=O)c1ccc(C2CC3(C)C(O)CCC3C3CCC4=CC(=O)CCC4=C23)cc1. The number of nitroso groups, excluding NO2 is 1. The molecule has 5 rings (SSSR count). The molecule has 5 atom stereocenters. The highest BCUT2D eigenvalue weighted by molar-refractivity contribution is 5.93. The number of fused-ring (bicyclic) bond motifs is 4. The summed E-state index contributed by atoms with van der Waals surface area (Å²) in [6.45, 7) is 6.69. The Bertz CT molecular complexity index is 1000. The van der Waals surface area contributed by atoms with E-state index in [1.165, 1.54) is 16.7 Å². The molecule has 0 amide bonds. The Hall–Kier alpha value is -2.07. The molecule has 1 aromatic rings. The van der Waals surface area contributed by atoms with E-state index in [9.17, 15) is 14.8 Å². The minimum atomic E-state index is -0.277. The molecule has 1 aromatic carbocycles. The number of benzene rings is 1. The van der Waals surface area contributed by atoms with Gasteiger partial charge in [-0.05, 0) is 84.1 Å². The van der Waals surface area contributed by atoms with Crippen LogP contribution in [0.5, 0.6) is 0 Å². The van der Waals surface area contributed by atoms with Gasteiger partial charge in [0.15, 0.2) is 5.78 Å². The average molecular weight is 434 g/mol. The lowest BCUT2D eigenvalue weighted by atomic mass is 9.53. The summed E-state index contributed by atoms with van der Waals surface area (Å²) in [5, 5.41) is 14.1. The van der Waals surface area contributed by atoms with Crippen LogP contribution in [-0.2, 0) is 10.2 Å². The highest BCUT2D eigenvalue weighted by atomic mass is 16.3. The van der Waals surface area contributed by atoms with Crippen molar-refractivity contribution < 1.29 is 9.90 Å². The lowest BCUT2D eigenvalue weighted by Crippen LogP contribution is -2.45. The monoisotopic (exact) mass is 433 g/mol. The largest absolute Gasteiger partial charge is 0.393 e. The van der Waals surface area contributed by atoms with Crippen molar-refractivity contribution in [3.8, 4) is 0 Å². The van der Waals surface area contributed by atoms with Gasteiger partial charge in [-0.25, -0.2) is 0 Å². The van der Waals surface area contributed by atoms with Crippen molar-refractivity contribution in [2.75, 3.05) is 6.54 Å². The van der Waals surface area contributed by atoms with E-state index in [2.05, 4.69) is 50.2 Å². The minimum Gasteiger partial charge on any atom is -0.393 e. The predicted octanol–water partition coefficient (Wildman–Crippen LogP) is 5.99. The van der Waals surface area contributed by atoms with Crippen LogP contribution in [0.3, 0.4) is 0 Å². The van der Waals surface area contributed by atoms with Gasteiger partial charge in [0.2, 0.25) is 0 Å². The zero-order valence-corrected chi connectivity index (χ0v) is 19.6. The Morgan fingerprint density at radius 1 is 1.09 bits per heavy atom. The topological polar surface area (TPSA) is 66.7 Å². The average Bonchev–Trinajstić information content (AvgIpc) is 3.07. The maximum atomic E-state index is 12.1. The summed E-state index contributed by atoms with van der Waals surface area (Å²) in [5.41, 5.74) is 6.38. The van der Waals surface area contributed by atoms with Crippen molar-refractivity contribution in [2.24, 2.45) is 22.4 Å². The second kappa shape index (κ2) is 7.76. The molecule has 0 aliphatic heterocycles. The van der Waals surface area contributed by atoms with E-state index in [-0.39, 0.29) is 35.2 Å². The lowest BCUT2D eigenvalue weighted by molar-refractivity contribution is -0.114. The van der Waals surface area contributed by atoms with E-state index < -0.39 is 0 Å². The molecular formula is C28H35NO3. The van der Waals surface area contributed by atoms with E-state index in [1.54, 1.807) is 5.57 Å². The van der Waals surface area contributed by atoms with Crippen molar-refractivity contribution in [1.82, 2.24) is 0 Å². The van der Waals surface area contributed by atoms with Gasteiger partial charge >= 0.3 is 0 Å². The molecular weight excluding hydrogens is 398 g/mol. The fraction of sp³-hybridized carbons (Fsp3) is 0.607. The maximum absolute atomic E-state index is 12.1. The first-order valence-corrected chi connectivity index (χ1v) is 12.3. The van der Waals surface area contributed by atoms with E-state index >= 15 is 0 Å². The zero-order chi connectivity index (χ0) is 22.7. The number of aliphatic hydroxyl groups excluding tert-OH is 1. The van der Waals surface area contributed by atoms with Crippen molar-refractivity contribution in [3.63, 3.8) is 0 Å². The Morgan fingerprint density at radius 2 is 1.84 bits per heavy atom. The zero-order valence-electron chi connectivity index (χ0n) is 19.6. The smallest absolute Gasteiger partial charge is 0.156 e. The number of nitrogens with zero attached hydrogens (tertiary/aromatic N) is 1. The van der Waals surface area contributed by atoms with Crippen molar-refractivity contribution >= 4 is 5.78 Å². The van der Waals surface area contributed by atoms with Crippen molar-refractivity contribution in [1.29, 1.82) is 0 Å². The third-order valence-electron chi connectivity index (χ3n) is 9.24. The maximum Gasteiger partial charge on any atom is 0.156 e. The van der Waals surface area contributed by atoms with Crippen LogP contribution in [0.2, 0.25) is 0 Å². The first kappa shape index (κ1) is 21.8. The van der Waals surface area contributed by atoms with Gasteiger partial charge in [0.05, 0.1) is 12.6 Å². The summed E-state index contributed by atoms with van der Waals surface area (Å²) >= 11 is 0. The van der Waals surface area contributed by atoms with Crippen molar-refractivity contribution in [2.45, 2.75) is 83.2 Å². The van der Waals surface area contributed by atoms with Crippen LogP contribution >= 0.6 is 0 Å². The Balaban J connectivity index is 1.60. The van der Waals surface area contributed by atoms with Crippen LogP contribution in [-0.4, -0.2) is 23.5 Å². The molecule has 5 unspecified atom stereocenters. The fourth-order valence-corrected chi connectivity index (χ4v) is 7.35. The molecule has 170 valence electrons. The molecule has 0 heterocycles. The third kappa shape index (κ3) is 3.34. The molecule has 0 saturated heterocycles. The number of allylic oxidation sites excluding steroid dienone is 4. The first-order valence-electron chi connectivity index (χ1n) is 12.3. The van der Waals surface area contributed by atoms with Gasteiger partial charge in [0.25, 0.3) is 0 Å². The summed E-state index contributed by atoms with van der Waals surface area (Å²) in [6.07, 6.45) is 8.24. The van der Waals surface area contributed by atoms with E-state index in [1.807, 2.05) is 6.08 Å². The normalized spacial score (nSPS) is 34.5. The lowest BCUT2D eigenvalue weighted by Gasteiger charge is -2.52. The minimum absolute atomic E-state index is 0.0511. The van der Waals surface area contributed by atoms with Gasteiger partial charge in [-0.1, -0.05) is 55.8 Å². The van der Waals surface area contributed by atoms with Gasteiger partial charge in [-0.3, -0.25) is 4.79 Å². The molecule has 2 saturated carbocycles. The number of ketones is 1. The molecule has 4 nitrogen and oxygen atoms in total. The summed E-state index contributed by atoms with van der Waals surface area (Å²) in [7, 11) is 0. The molecule has 32 heavy (non-hydrogen) atoms. The predicted molar refractivity (Wildman–Crippen MR) is 126 cm³/mol. The summed E-state index contributed by atoms with van der Waals surface area (Å²) < 4.78 is 0. The van der Waals surface area contributed by atoms with Crippen LogP contribution in [0.15, 0.2) is 52.2 Å². The highest BCUT2D eigenvalue weighted by Crippen LogP contribution is 2.63. The summed E-state index contributed by atoms with van der Waals surface area (Å²) in [6, 6.07) is 8.77. The summed E-state index contributed by atoms with van der Waals surface area (Å²) in [4.78, 5) is 23.0. The van der Waals surface area contributed by atoms with Gasteiger partial charge in [-0.15, -0.1) is 0 Å². The van der Waals surface area contributed by atoms with E-state index in [0.29, 0.717) is 18.3 Å². The Labute approximate surface area is 191 Å². The Morgan fingerprint density at radius 3 is 2.56 bits per heavy atom. The molecule has 0 radical (unpaired) electrons. The van der Waals surface area contributed by atoms with E-state index in [0.717, 1.165) is 44.1 Å². The molecule has 0 aromatic heterocycles. The Kier molecular flexibility index (Phi) is 5.28. The molecule has 1 N–H and O–H groups in total. The standard InChI is InChI=1S/C28H35NO3/c1-27(2,16-29-32)19-7-4-17(5-8-19)23-15-28(3)24(12-13-25(28)31)22-10-6-18-14-20(30)9-11-21(18)26(22)23/h4-5,7-8,14,22-25,31H,6,9-13,15-16H2,1-3H3. The second-order valence-corrected chi connectivity index (χ2v) is 11.5. The number of carbonyl (C=O) groups is 1. The molecule has 4 aliphatic carbocycles. The van der Waals surface area contributed by atoms with Crippen LogP contribution in [0.25, 0.3) is 0 Å². The van der Waals surface area contributed by atoms with E-state index in [4.69, 9.17) is 0 Å². The molecule has 2 fully saturated rings. The van der Waals surface area contributed by atoms with Crippen LogP contribution in [0, 0.1) is 22.2 Å². The quantitative estimate of drug-likeness (QED) is 0.593.